The van der Waals surface area contributed by atoms with E-state index in [1.165, 1.54) is 12.0 Å². The Morgan fingerprint density at radius 3 is 2.65 bits per heavy atom. The molecule has 1 heterocycles. The van der Waals surface area contributed by atoms with Crippen molar-refractivity contribution in [3.05, 3.63) is 27.0 Å². The second kappa shape index (κ2) is 4.66. The van der Waals surface area contributed by atoms with Crippen LogP contribution in [0.15, 0.2) is 16.6 Å². The fourth-order valence-electron chi connectivity index (χ4n) is 1.65. The minimum Gasteiger partial charge on any atom is -0.496 e. The fraction of sp³-hybridized carbons (Fsp3) is 0.250. The van der Waals surface area contributed by atoms with E-state index in [-0.39, 0.29) is 5.97 Å². The first-order valence-electron chi connectivity index (χ1n) is 4.93. The third kappa shape index (κ3) is 2.05. The summed E-state index contributed by atoms with van der Waals surface area (Å²) in [6.45, 7) is 2.03. The van der Waals surface area contributed by atoms with Crippen molar-refractivity contribution in [1.29, 1.82) is 0 Å². The molecule has 0 aliphatic rings. The number of thiophene rings is 1. The molecule has 17 heavy (non-hydrogen) atoms. The highest BCUT2D eigenvalue weighted by atomic mass is 79.9. The van der Waals surface area contributed by atoms with Gasteiger partial charge >= 0.3 is 5.97 Å². The lowest BCUT2D eigenvalue weighted by Crippen LogP contribution is -2.03. The summed E-state index contributed by atoms with van der Waals surface area (Å²) in [5.74, 6) is 0.147. The van der Waals surface area contributed by atoms with Crippen molar-refractivity contribution in [1.82, 2.24) is 0 Å². The zero-order valence-corrected chi connectivity index (χ0v) is 12.1. The molecule has 0 unspecified atom stereocenters. The largest absolute Gasteiger partial charge is 0.496 e. The van der Waals surface area contributed by atoms with Crippen LogP contribution in [0.25, 0.3) is 10.1 Å². The van der Waals surface area contributed by atoms with E-state index < -0.39 is 0 Å². The molecule has 0 aliphatic carbocycles. The van der Waals surface area contributed by atoms with Gasteiger partial charge in [0, 0.05) is 19.4 Å². The molecule has 0 amide bonds. The second-order valence-electron chi connectivity index (χ2n) is 3.51. The molecule has 1 aromatic carbocycles. The number of carbonyl (C=O) groups excluding carboxylic acids is 1. The number of methoxy groups -OCH3 is 2. The molecule has 2 aromatic rings. The van der Waals surface area contributed by atoms with Gasteiger partial charge in [-0.25, -0.2) is 4.79 Å². The summed E-state index contributed by atoms with van der Waals surface area (Å²) < 4.78 is 12.0. The first-order chi connectivity index (χ1) is 8.08. The van der Waals surface area contributed by atoms with Crippen LogP contribution >= 0.6 is 27.3 Å². The van der Waals surface area contributed by atoms with Crippen LogP contribution in [0.5, 0.6) is 5.75 Å². The van der Waals surface area contributed by atoms with Crippen LogP contribution in [0.4, 0.5) is 0 Å². The Hall–Kier alpha value is -1.07. The smallest absolute Gasteiger partial charge is 0.341 e. The molecule has 0 saturated heterocycles. The van der Waals surface area contributed by atoms with E-state index in [0.29, 0.717) is 11.3 Å². The van der Waals surface area contributed by atoms with Gasteiger partial charge in [0.05, 0.1) is 14.2 Å². The average molecular weight is 315 g/mol. The first-order valence-corrected chi connectivity index (χ1v) is 6.54. The van der Waals surface area contributed by atoms with Crippen molar-refractivity contribution in [3.8, 4) is 5.75 Å². The zero-order chi connectivity index (χ0) is 12.6. The highest BCUT2D eigenvalue weighted by Gasteiger charge is 2.17. The number of carbonyl (C=O) groups is 1. The molecule has 0 N–H and O–H groups in total. The van der Waals surface area contributed by atoms with E-state index in [0.717, 1.165) is 14.6 Å². The molecule has 0 atom stereocenters. The Morgan fingerprint density at radius 1 is 1.35 bits per heavy atom. The van der Waals surface area contributed by atoms with Gasteiger partial charge in [0.1, 0.15) is 11.3 Å². The molecule has 3 nitrogen and oxygen atoms in total. The Bertz CT molecular complexity index is 589. The Morgan fingerprint density at radius 2 is 2.06 bits per heavy atom. The van der Waals surface area contributed by atoms with Crippen molar-refractivity contribution in [2.75, 3.05) is 14.2 Å². The Labute approximate surface area is 111 Å². The van der Waals surface area contributed by atoms with E-state index in [4.69, 9.17) is 9.47 Å². The number of hydrogen-bond acceptors (Lipinski definition) is 4. The minimum absolute atomic E-state index is 0.383. The molecule has 0 radical (unpaired) electrons. The van der Waals surface area contributed by atoms with Crippen molar-refractivity contribution in [2.24, 2.45) is 0 Å². The number of rotatable bonds is 2. The summed E-state index contributed by atoms with van der Waals surface area (Å²) >= 11 is 5.16. The Kier molecular flexibility index (Phi) is 3.40. The predicted octanol–water partition coefficient (Wildman–Crippen LogP) is 3.77. The van der Waals surface area contributed by atoms with Gasteiger partial charge in [-0.1, -0.05) is 0 Å². The van der Waals surface area contributed by atoms with Crippen molar-refractivity contribution >= 4 is 43.3 Å². The molecular weight excluding hydrogens is 304 g/mol. The van der Waals surface area contributed by atoms with E-state index in [9.17, 15) is 4.79 Å². The number of hydrogen-bond donors (Lipinski definition) is 0. The molecular formula is C12H11BrO3S. The summed E-state index contributed by atoms with van der Waals surface area (Å²) in [6, 6.07) is 3.66. The molecule has 1 aromatic heterocycles. The van der Waals surface area contributed by atoms with Gasteiger partial charge in [0.25, 0.3) is 0 Å². The van der Waals surface area contributed by atoms with Crippen LogP contribution in [0.1, 0.15) is 15.2 Å². The third-order valence-corrected chi connectivity index (χ3v) is 4.87. The first kappa shape index (κ1) is 12.4. The summed E-state index contributed by atoms with van der Waals surface area (Å²) in [4.78, 5) is 12.8. The number of aryl methyl sites for hydroxylation is 1. The van der Waals surface area contributed by atoms with Crippen LogP contribution in [0, 0.1) is 6.92 Å². The minimum atomic E-state index is -0.383. The molecule has 0 bridgehead atoms. The van der Waals surface area contributed by atoms with Crippen molar-refractivity contribution in [2.45, 2.75) is 6.92 Å². The van der Waals surface area contributed by atoms with E-state index in [2.05, 4.69) is 15.9 Å². The zero-order valence-electron chi connectivity index (χ0n) is 9.67. The molecule has 0 fully saturated rings. The molecule has 2 rings (SSSR count). The van der Waals surface area contributed by atoms with Gasteiger partial charge in [0.15, 0.2) is 0 Å². The number of benzene rings is 1. The predicted molar refractivity (Wildman–Crippen MR) is 72.2 cm³/mol. The van der Waals surface area contributed by atoms with Gasteiger partial charge in [-0.05, 0) is 35.0 Å². The van der Waals surface area contributed by atoms with E-state index >= 15 is 0 Å². The van der Waals surface area contributed by atoms with Crippen LogP contribution < -0.4 is 4.74 Å². The lowest BCUT2D eigenvalue weighted by molar-refractivity contribution is 0.0597. The number of fused-ring (bicyclic) bond motifs is 1. The lowest BCUT2D eigenvalue weighted by atomic mass is 10.1. The molecule has 0 spiro atoms. The van der Waals surface area contributed by atoms with Crippen molar-refractivity contribution < 1.29 is 14.3 Å². The third-order valence-electron chi connectivity index (χ3n) is 2.52. The Balaban J connectivity index is 2.73. The SMILES string of the molecule is COC(=O)c1cc2sc(C)c(Br)c2cc1OC. The van der Waals surface area contributed by atoms with E-state index in [1.807, 2.05) is 19.1 Å². The monoisotopic (exact) mass is 314 g/mol. The van der Waals surface area contributed by atoms with Gasteiger partial charge in [-0.3, -0.25) is 0 Å². The van der Waals surface area contributed by atoms with Crippen LogP contribution in [0.2, 0.25) is 0 Å². The summed E-state index contributed by atoms with van der Waals surface area (Å²) in [5, 5.41) is 1.05. The van der Waals surface area contributed by atoms with E-state index in [1.54, 1.807) is 18.4 Å². The maximum Gasteiger partial charge on any atom is 0.341 e. The van der Waals surface area contributed by atoms with Crippen LogP contribution in [-0.2, 0) is 4.74 Å². The summed E-state index contributed by atoms with van der Waals surface area (Å²) in [7, 11) is 2.91. The number of ether oxygens (including phenoxy) is 2. The lowest BCUT2D eigenvalue weighted by Gasteiger charge is -2.06. The van der Waals surface area contributed by atoms with Gasteiger partial charge in [-0.15, -0.1) is 11.3 Å². The highest BCUT2D eigenvalue weighted by Crippen LogP contribution is 2.38. The fourth-order valence-corrected chi connectivity index (χ4v) is 3.33. The topological polar surface area (TPSA) is 35.5 Å². The molecule has 5 heteroatoms. The van der Waals surface area contributed by atoms with Crippen LogP contribution in [-0.4, -0.2) is 20.2 Å². The molecule has 0 aliphatic heterocycles. The van der Waals surface area contributed by atoms with Crippen molar-refractivity contribution in [3.63, 3.8) is 0 Å². The molecule has 90 valence electrons. The maximum absolute atomic E-state index is 11.6. The quantitative estimate of drug-likeness (QED) is 0.792. The second-order valence-corrected chi connectivity index (χ2v) is 5.56. The standard InChI is InChI=1S/C12H11BrO3S/c1-6-11(13)8-4-9(15-2)7(12(14)16-3)5-10(8)17-6/h4-5H,1-3H3. The summed E-state index contributed by atoms with van der Waals surface area (Å²) in [5.41, 5.74) is 0.455. The van der Waals surface area contributed by atoms with Gasteiger partial charge in [0.2, 0.25) is 0 Å². The highest BCUT2D eigenvalue weighted by molar-refractivity contribution is 9.10. The van der Waals surface area contributed by atoms with Gasteiger partial charge < -0.3 is 9.47 Å². The van der Waals surface area contributed by atoms with Gasteiger partial charge in [-0.2, -0.15) is 0 Å². The number of halogens is 1. The normalized spacial score (nSPS) is 10.6. The number of esters is 1. The van der Waals surface area contributed by atoms with Crippen LogP contribution in [0.3, 0.4) is 0 Å². The average Bonchev–Trinajstić information content (AvgIpc) is 2.62. The summed E-state index contributed by atoms with van der Waals surface area (Å²) in [6.07, 6.45) is 0. The maximum atomic E-state index is 11.6. The molecule has 0 saturated carbocycles.